The summed E-state index contributed by atoms with van der Waals surface area (Å²) in [7, 11) is 0. The molecular weight excluding hydrogens is 272 g/mol. The van der Waals surface area contributed by atoms with Gasteiger partial charge >= 0.3 is 5.97 Å². The second-order valence-electron chi connectivity index (χ2n) is 6.31. The second kappa shape index (κ2) is 16.6. The summed E-state index contributed by atoms with van der Waals surface area (Å²) in [5, 5.41) is 0. The van der Waals surface area contributed by atoms with Crippen molar-refractivity contribution in [3.05, 3.63) is 12.2 Å². The summed E-state index contributed by atoms with van der Waals surface area (Å²) >= 11 is 0. The smallest absolute Gasteiger partial charge is 0.302 e. The van der Waals surface area contributed by atoms with Crippen molar-refractivity contribution in [3.8, 4) is 0 Å². The molecule has 22 heavy (non-hydrogen) atoms. The Morgan fingerprint density at radius 3 is 1.95 bits per heavy atom. The Kier molecular flexibility index (Phi) is 16.0. The number of ether oxygens (including phenoxy) is 1. The first kappa shape index (κ1) is 21.2. The number of carbonyl (C=O) groups is 1. The first-order chi connectivity index (χ1) is 10.7. The molecule has 0 N–H and O–H groups in total. The van der Waals surface area contributed by atoms with Gasteiger partial charge in [0.2, 0.25) is 0 Å². The summed E-state index contributed by atoms with van der Waals surface area (Å²) in [6, 6.07) is 0. The van der Waals surface area contributed by atoms with Crippen LogP contribution in [0.3, 0.4) is 0 Å². The SMILES string of the molecule is CCCC/C=C\CCCCCCCCCC(CC)OC(C)=O. The summed E-state index contributed by atoms with van der Waals surface area (Å²) in [4.78, 5) is 10.9. The van der Waals surface area contributed by atoms with E-state index < -0.39 is 0 Å². The lowest BCUT2D eigenvalue weighted by Gasteiger charge is -2.14. The highest BCUT2D eigenvalue weighted by molar-refractivity contribution is 5.66. The lowest BCUT2D eigenvalue weighted by Crippen LogP contribution is -2.14. The molecule has 0 saturated heterocycles. The van der Waals surface area contributed by atoms with E-state index in [9.17, 15) is 4.79 Å². The van der Waals surface area contributed by atoms with Gasteiger partial charge in [0.15, 0.2) is 0 Å². The predicted molar refractivity (Wildman–Crippen MR) is 96.1 cm³/mol. The molecule has 1 atom stereocenters. The Bertz CT molecular complexity index is 271. The van der Waals surface area contributed by atoms with Gasteiger partial charge in [-0.15, -0.1) is 0 Å². The van der Waals surface area contributed by atoms with Crippen molar-refractivity contribution >= 4 is 5.97 Å². The molecule has 1 unspecified atom stereocenters. The van der Waals surface area contributed by atoms with Crippen LogP contribution in [0, 0.1) is 0 Å². The van der Waals surface area contributed by atoms with Crippen LogP contribution in [0.4, 0.5) is 0 Å². The van der Waals surface area contributed by atoms with Crippen LogP contribution in [0.25, 0.3) is 0 Å². The van der Waals surface area contributed by atoms with Gasteiger partial charge in [-0.1, -0.05) is 70.9 Å². The third-order valence-electron chi connectivity index (χ3n) is 4.08. The van der Waals surface area contributed by atoms with Crippen molar-refractivity contribution in [1.82, 2.24) is 0 Å². The van der Waals surface area contributed by atoms with Crippen molar-refractivity contribution in [2.24, 2.45) is 0 Å². The highest BCUT2D eigenvalue weighted by atomic mass is 16.5. The maximum atomic E-state index is 10.9. The Labute approximate surface area is 138 Å². The van der Waals surface area contributed by atoms with Crippen molar-refractivity contribution < 1.29 is 9.53 Å². The van der Waals surface area contributed by atoms with Crippen LogP contribution in [-0.4, -0.2) is 12.1 Å². The number of esters is 1. The molecule has 0 bridgehead atoms. The highest BCUT2D eigenvalue weighted by Gasteiger charge is 2.08. The molecular formula is C20H38O2. The molecule has 0 amide bonds. The molecule has 0 aliphatic carbocycles. The minimum absolute atomic E-state index is 0.136. The molecule has 2 nitrogen and oxygen atoms in total. The van der Waals surface area contributed by atoms with Gasteiger partial charge in [0.25, 0.3) is 0 Å². The molecule has 0 aromatic heterocycles. The minimum Gasteiger partial charge on any atom is -0.463 e. The number of carbonyl (C=O) groups excluding carboxylic acids is 1. The summed E-state index contributed by atoms with van der Waals surface area (Å²) in [6.45, 7) is 5.83. The summed E-state index contributed by atoms with van der Waals surface area (Å²) in [5.74, 6) is -0.143. The first-order valence-electron chi connectivity index (χ1n) is 9.52. The van der Waals surface area contributed by atoms with Gasteiger partial charge in [0.1, 0.15) is 6.10 Å². The Hall–Kier alpha value is -0.790. The predicted octanol–water partition coefficient (Wildman–Crippen LogP) is 6.59. The quantitative estimate of drug-likeness (QED) is 0.194. The van der Waals surface area contributed by atoms with Crippen LogP contribution in [0.1, 0.15) is 104 Å². The number of unbranched alkanes of at least 4 members (excludes halogenated alkanes) is 9. The maximum Gasteiger partial charge on any atom is 0.302 e. The number of allylic oxidation sites excluding steroid dienone is 2. The highest BCUT2D eigenvalue weighted by Crippen LogP contribution is 2.13. The normalized spacial score (nSPS) is 12.7. The van der Waals surface area contributed by atoms with E-state index in [-0.39, 0.29) is 12.1 Å². The van der Waals surface area contributed by atoms with Gasteiger partial charge in [-0.05, 0) is 38.5 Å². The Morgan fingerprint density at radius 1 is 0.864 bits per heavy atom. The molecule has 0 rings (SSSR count). The van der Waals surface area contributed by atoms with Crippen LogP contribution in [-0.2, 0) is 9.53 Å². The third-order valence-corrected chi connectivity index (χ3v) is 4.08. The fourth-order valence-electron chi connectivity index (χ4n) is 2.66. The molecule has 0 aliphatic heterocycles. The standard InChI is InChI=1S/C20H38O2/c1-4-6-7-8-9-10-11-12-13-14-15-16-17-18-20(5-2)22-19(3)21/h8-9,20H,4-7,10-18H2,1-3H3/b9-8-. The molecule has 0 aliphatic rings. The van der Waals surface area contributed by atoms with Crippen LogP contribution in [0.15, 0.2) is 12.2 Å². The van der Waals surface area contributed by atoms with Crippen LogP contribution in [0.2, 0.25) is 0 Å². The molecule has 0 aromatic carbocycles. The van der Waals surface area contributed by atoms with Gasteiger partial charge in [-0.25, -0.2) is 0 Å². The Balaban J connectivity index is 3.26. The van der Waals surface area contributed by atoms with E-state index in [0.717, 1.165) is 12.8 Å². The monoisotopic (exact) mass is 310 g/mol. The van der Waals surface area contributed by atoms with Crippen LogP contribution < -0.4 is 0 Å². The van der Waals surface area contributed by atoms with Gasteiger partial charge in [-0.2, -0.15) is 0 Å². The molecule has 0 spiro atoms. The van der Waals surface area contributed by atoms with Gasteiger partial charge in [0, 0.05) is 6.92 Å². The molecule has 0 fully saturated rings. The van der Waals surface area contributed by atoms with Gasteiger partial charge < -0.3 is 4.74 Å². The Morgan fingerprint density at radius 2 is 1.41 bits per heavy atom. The average Bonchev–Trinajstić information content (AvgIpc) is 2.50. The molecule has 2 heteroatoms. The number of rotatable bonds is 15. The molecule has 130 valence electrons. The summed E-state index contributed by atoms with van der Waals surface area (Å²) in [6.07, 6.45) is 21.1. The molecule has 0 saturated carbocycles. The zero-order chi connectivity index (χ0) is 16.5. The van der Waals surface area contributed by atoms with Crippen molar-refractivity contribution in [2.75, 3.05) is 0 Å². The van der Waals surface area contributed by atoms with E-state index in [1.807, 2.05) is 0 Å². The fourth-order valence-corrected chi connectivity index (χ4v) is 2.66. The fraction of sp³-hybridized carbons (Fsp3) is 0.850. The topological polar surface area (TPSA) is 26.3 Å². The molecule has 0 heterocycles. The lowest BCUT2D eigenvalue weighted by molar-refractivity contribution is -0.146. The van der Waals surface area contributed by atoms with Crippen LogP contribution >= 0.6 is 0 Å². The average molecular weight is 311 g/mol. The van der Waals surface area contributed by atoms with E-state index in [1.54, 1.807) is 0 Å². The third kappa shape index (κ3) is 15.6. The maximum absolute atomic E-state index is 10.9. The van der Waals surface area contributed by atoms with E-state index in [0.29, 0.717) is 0 Å². The van der Waals surface area contributed by atoms with Crippen molar-refractivity contribution in [3.63, 3.8) is 0 Å². The zero-order valence-corrected chi connectivity index (χ0v) is 15.2. The van der Waals surface area contributed by atoms with E-state index in [1.165, 1.54) is 77.6 Å². The summed E-state index contributed by atoms with van der Waals surface area (Å²) in [5.41, 5.74) is 0. The summed E-state index contributed by atoms with van der Waals surface area (Å²) < 4.78 is 5.26. The van der Waals surface area contributed by atoms with Crippen molar-refractivity contribution in [1.29, 1.82) is 0 Å². The van der Waals surface area contributed by atoms with Crippen molar-refractivity contribution in [2.45, 2.75) is 110 Å². The van der Waals surface area contributed by atoms with E-state index in [4.69, 9.17) is 4.74 Å². The zero-order valence-electron chi connectivity index (χ0n) is 15.2. The van der Waals surface area contributed by atoms with E-state index >= 15 is 0 Å². The van der Waals surface area contributed by atoms with Gasteiger partial charge in [-0.3, -0.25) is 4.79 Å². The molecule has 0 aromatic rings. The number of hydrogen-bond acceptors (Lipinski definition) is 2. The van der Waals surface area contributed by atoms with Gasteiger partial charge in [0.05, 0.1) is 0 Å². The lowest BCUT2D eigenvalue weighted by atomic mass is 10.0. The largest absolute Gasteiger partial charge is 0.463 e. The second-order valence-corrected chi connectivity index (χ2v) is 6.31. The minimum atomic E-state index is -0.143. The van der Waals surface area contributed by atoms with Crippen LogP contribution in [0.5, 0.6) is 0 Å². The first-order valence-corrected chi connectivity index (χ1v) is 9.52. The number of hydrogen-bond donors (Lipinski definition) is 0. The van der Waals surface area contributed by atoms with E-state index in [2.05, 4.69) is 26.0 Å². The molecule has 0 radical (unpaired) electrons.